The molecule has 0 aliphatic carbocycles. The van der Waals surface area contributed by atoms with Gasteiger partial charge in [0.05, 0.1) is 0 Å². The Morgan fingerprint density at radius 2 is 2.00 bits per heavy atom. The smallest absolute Gasteiger partial charge is 0.352 e. The number of tetrazole rings is 1. The maximum Gasteiger partial charge on any atom is 0.352 e. The van der Waals surface area contributed by atoms with Crippen LogP contribution in [0.4, 0.5) is 0 Å². The van der Waals surface area contributed by atoms with Gasteiger partial charge in [0, 0.05) is 36.2 Å². The maximum atomic E-state index is 13.0. The molecule has 2 aromatic heterocycles. The second kappa shape index (κ2) is 10.9. The first-order chi connectivity index (χ1) is 18.3. The molecule has 3 unspecified atom stereocenters. The lowest BCUT2D eigenvalue weighted by molar-refractivity contribution is -0.688. The predicted molar refractivity (Wildman–Crippen MR) is 138 cm³/mol. The third-order valence-corrected chi connectivity index (χ3v) is 8.70. The molecule has 12 nitrogen and oxygen atoms in total. The van der Waals surface area contributed by atoms with Crippen molar-refractivity contribution < 1.29 is 24.1 Å². The summed E-state index contributed by atoms with van der Waals surface area (Å²) in [7, 11) is 1.69. The fraction of sp³-hybridized carbons (Fsp3) is 0.292. The standard InChI is InChI=1S/C24H24N8O4S2/c1-30-24(27-28-29-30)38-13-16-12-37-22-18(21(34)32(22)19(16)23(35)36)26-20(33)17(25)15-7-5-14(6-8-15)11-31-9-3-2-4-10-31/h2-10,17-18,22H,11-13,25H2,1H3,(H-,26,33,35,36)/p+1. The van der Waals surface area contributed by atoms with Crippen molar-refractivity contribution in [2.45, 2.75) is 29.2 Å². The molecule has 3 aromatic rings. The van der Waals surface area contributed by atoms with Crippen molar-refractivity contribution in [2.75, 3.05) is 11.5 Å². The molecule has 3 atom stereocenters. The number of β-lactam (4-membered cyclic amide) rings is 1. The van der Waals surface area contributed by atoms with Crippen molar-refractivity contribution in [3.05, 3.63) is 77.3 Å². The molecule has 2 aliphatic rings. The number of nitrogens with zero attached hydrogens (tertiary/aromatic N) is 6. The second-order valence-electron chi connectivity index (χ2n) is 8.79. The van der Waals surface area contributed by atoms with Crippen LogP contribution in [0.5, 0.6) is 0 Å². The number of pyridine rings is 1. The van der Waals surface area contributed by atoms with E-state index in [-0.39, 0.29) is 5.70 Å². The number of amides is 2. The van der Waals surface area contributed by atoms with Crippen LogP contribution in [0.1, 0.15) is 17.2 Å². The first kappa shape index (κ1) is 25.9. The Morgan fingerprint density at radius 3 is 2.66 bits per heavy atom. The lowest BCUT2D eigenvalue weighted by atomic mass is 10.0. The minimum Gasteiger partial charge on any atom is -0.477 e. The van der Waals surface area contributed by atoms with Crippen molar-refractivity contribution in [1.82, 2.24) is 30.4 Å². The van der Waals surface area contributed by atoms with Crippen LogP contribution in [0.3, 0.4) is 0 Å². The summed E-state index contributed by atoms with van der Waals surface area (Å²) >= 11 is 2.69. The lowest BCUT2D eigenvalue weighted by Gasteiger charge is -2.49. The summed E-state index contributed by atoms with van der Waals surface area (Å²) in [6, 6.07) is 11.5. The van der Waals surface area contributed by atoms with E-state index in [9.17, 15) is 19.5 Å². The van der Waals surface area contributed by atoms with E-state index < -0.39 is 35.2 Å². The Labute approximate surface area is 226 Å². The molecule has 4 N–H and O–H groups in total. The molecule has 38 heavy (non-hydrogen) atoms. The summed E-state index contributed by atoms with van der Waals surface area (Å²) in [5.41, 5.74) is 8.42. The number of aromatic nitrogens is 5. The van der Waals surface area contributed by atoms with Gasteiger partial charge >= 0.3 is 5.97 Å². The highest BCUT2D eigenvalue weighted by molar-refractivity contribution is 8.01. The van der Waals surface area contributed by atoms with Crippen LogP contribution in [0, 0.1) is 0 Å². The number of carbonyl (C=O) groups is 3. The average molecular weight is 554 g/mol. The Balaban J connectivity index is 1.22. The number of carboxylic acids is 1. The van der Waals surface area contributed by atoms with Gasteiger partial charge in [0.1, 0.15) is 23.2 Å². The largest absolute Gasteiger partial charge is 0.477 e. The maximum absolute atomic E-state index is 13.0. The SMILES string of the molecule is Cn1nnnc1SCC1=C(C(=O)O)N2C(=O)C(NC(=O)C(N)c3ccc(C[n+]4ccccc4)cc3)C2SC1. The molecule has 196 valence electrons. The zero-order chi connectivity index (χ0) is 26.8. The van der Waals surface area contributed by atoms with Crippen molar-refractivity contribution in [1.29, 1.82) is 0 Å². The van der Waals surface area contributed by atoms with Gasteiger partial charge in [0.15, 0.2) is 18.9 Å². The first-order valence-electron chi connectivity index (χ1n) is 11.7. The second-order valence-corrected chi connectivity index (χ2v) is 10.8. The first-order valence-corrected chi connectivity index (χ1v) is 13.7. The monoisotopic (exact) mass is 553 g/mol. The molecule has 1 saturated heterocycles. The van der Waals surface area contributed by atoms with E-state index in [4.69, 9.17) is 5.73 Å². The van der Waals surface area contributed by atoms with E-state index in [0.29, 0.717) is 34.3 Å². The van der Waals surface area contributed by atoms with Gasteiger partial charge in [-0.05, 0) is 21.6 Å². The highest BCUT2D eigenvalue weighted by Gasteiger charge is 2.54. The summed E-state index contributed by atoms with van der Waals surface area (Å²) in [5, 5.41) is 23.8. The zero-order valence-electron chi connectivity index (χ0n) is 20.3. The third kappa shape index (κ3) is 5.14. The van der Waals surface area contributed by atoms with Crippen LogP contribution in [-0.2, 0) is 28.0 Å². The number of aliphatic carboxylic acids is 1. The molecule has 0 radical (unpaired) electrons. The molecule has 1 aromatic carbocycles. The number of hydrogen-bond acceptors (Lipinski definition) is 9. The number of hydrogen-bond donors (Lipinski definition) is 3. The summed E-state index contributed by atoms with van der Waals surface area (Å²) < 4.78 is 3.53. The molecular formula is C24H25N8O4S2+. The van der Waals surface area contributed by atoms with Crippen molar-refractivity contribution >= 4 is 41.3 Å². The van der Waals surface area contributed by atoms with Gasteiger partial charge in [-0.25, -0.2) is 14.0 Å². The van der Waals surface area contributed by atoms with Crippen molar-refractivity contribution in [3.8, 4) is 0 Å². The molecule has 0 spiro atoms. The van der Waals surface area contributed by atoms with E-state index in [1.165, 1.54) is 33.1 Å². The van der Waals surface area contributed by atoms with Gasteiger partial charge in [-0.2, -0.15) is 0 Å². The number of aryl methyl sites for hydroxylation is 1. The van der Waals surface area contributed by atoms with Crippen LogP contribution in [0.15, 0.2) is 71.3 Å². The lowest BCUT2D eigenvalue weighted by Crippen LogP contribution is -2.71. The van der Waals surface area contributed by atoms with E-state index in [0.717, 1.165) is 5.56 Å². The van der Waals surface area contributed by atoms with Gasteiger partial charge in [-0.15, -0.1) is 16.9 Å². The summed E-state index contributed by atoms with van der Waals surface area (Å²) in [5.74, 6) is -1.44. The molecule has 4 heterocycles. The fourth-order valence-corrected chi connectivity index (χ4v) is 6.60. The number of nitrogens with two attached hydrogens (primary N) is 1. The quantitative estimate of drug-likeness (QED) is 0.188. The fourth-order valence-electron chi connectivity index (χ4n) is 4.26. The highest BCUT2D eigenvalue weighted by atomic mass is 32.2. The summed E-state index contributed by atoms with van der Waals surface area (Å²) in [6.07, 6.45) is 3.94. The number of benzene rings is 1. The molecule has 1 fully saturated rings. The normalized spacial score (nSPS) is 19.5. The van der Waals surface area contributed by atoms with Crippen LogP contribution in [-0.4, -0.2) is 70.9 Å². The average Bonchev–Trinajstić information content (AvgIpc) is 3.34. The minimum atomic E-state index is -1.19. The number of thioether (sulfide) groups is 2. The van der Waals surface area contributed by atoms with Gasteiger partial charge in [0.2, 0.25) is 11.1 Å². The van der Waals surface area contributed by atoms with Crippen molar-refractivity contribution in [2.24, 2.45) is 12.8 Å². The Hall–Kier alpha value is -3.75. The van der Waals surface area contributed by atoms with Crippen molar-refractivity contribution in [3.63, 3.8) is 0 Å². The molecule has 5 rings (SSSR count). The summed E-state index contributed by atoms with van der Waals surface area (Å²) in [4.78, 5) is 39.2. The van der Waals surface area contributed by atoms with E-state index in [2.05, 4.69) is 20.8 Å². The Kier molecular flexibility index (Phi) is 7.44. The molecule has 0 bridgehead atoms. The van der Waals surface area contributed by atoms with E-state index in [1.54, 1.807) is 19.2 Å². The summed E-state index contributed by atoms with van der Waals surface area (Å²) in [6.45, 7) is 0.684. The number of fused-ring (bicyclic) bond motifs is 1. The number of rotatable bonds is 9. The zero-order valence-corrected chi connectivity index (χ0v) is 21.9. The van der Waals surface area contributed by atoms with E-state index in [1.807, 2.05) is 47.3 Å². The number of carbonyl (C=O) groups excluding carboxylic acids is 2. The third-order valence-electron chi connectivity index (χ3n) is 6.27. The Bertz CT molecular complexity index is 1400. The Morgan fingerprint density at radius 1 is 1.26 bits per heavy atom. The molecule has 2 amide bonds. The van der Waals surface area contributed by atoms with Gasteiger partial charge < -0.3 is 16.2 Å². The predicted octanol–water partition coefficient (Wildman–Crippen LogP) is 0.0766. The van der Waals surface area contributed by atoms with Crippen LogP contribution < -0.4 is 15.6 Å². The van der Waals surface area contributed by atoms with Crippen LogP contribution in [0.25, 0.3) is 0 Å². The van der Waals surface area contributed by atoms with Gasteiger partial charge in [-0.1, -0.05) is 42.1 Å². The van der Waals surface area contributed by atoms with Crippen LogP contribution in [0.2, 0.25) is 0 Å². The topological polar surface area (TPSA) is 160 Å². The minimum absolute atomic E-state index is 0.0527. The molecule has 0 saturated carbocycles. The number of nitrogens with one attached hydrogen (secondary N) is 1. The van der Waals surface area contributed by atoms with Gasteiger partial charge in [0.25, 0.3) is 5.91 Å². The van der Waals surface area contributed by atoms with E-state index >= 15 is 0 Å². The number of carboxylic acid groups (broad SMARTS) is 1. The molecule has 2 aliphatic heterocycles. The molecular weight excluding hydrogens is 528 g/mol. The molecule has 14 heteroatoms. The van der Waals surface area contributed by atoms with Crippen LogP contribution >= 0.6 is 23.5 Å². The highest BCUT2D eigenvalue weighted by Crippen LogP contribution is 2.41. The van der Waals surface area contributed by atoms with Gasteiger partial charge in [-0.3, -0.25) is 14.5 Å².